The number of amidine groups is 4. The quantitative estimate of drug-likeness (QED) is 0.0115. The van der Waals surface area contributed by atoms with Crippen LogP contribution in [0.3, 0.4) is 0 Å². The zero-order valence-corrected chi connectivity index (χ0v) is 88.0. The van der Waals surface area contributed by atoms with Crippen molar-refractivity contribution in [2.24, 2.45) is 22.9 Å². The second-order valence-electron chi connectivity index (χ2n) is 36.3. The Hall–Kier alpha value is -14.1. The van der Waals surface area contributed by atoms with E-state index in [4.69, 9.17) is 110 Å². The number of carbonyl (C=O) groups excluding carboxylic acids is 7. The van der Waals surface area contributed by atoms with Crippen LogP contribution in [0.1, 0.15) is 172 Å². The topological polar surface area (TPSA) is 570 Å². The highest BCUT2D eigenvalue weighted by molar-refractivity contribution is 7.98. The molecule has 4 atom stereocenters. The van der Waals surface area contributed by atoms with Gasteiger partial charge in [-0.25, -0.2) is 9.29 Å². The monoisotopic (exact) mass is 2180 g/mol. The maximum absolute atomic E-state index is 13.6. The standard InChI is InChI=1S/C28H31ClN8O4.C27H31ClN8O4S.C24H29ClN8O3S.C21H21ClN6O2S/c1-34(15-18-6-8-19(9-7-18)25(30)31)28-32-26(33-37(28)27(40)21-4-2-3-5-22(21)29)20-14-23(38)36(16-20)17-24(39)35-10-12-41-13-11-35;1-33(17-18-8-10-19(11-9-18)24(29)30)27-31-25(32-36(27)26(38)21-6-2-3-7-22(21)28)20-12-15-35(23(37)16-20)41(39,40)34-13-4-5-14-34;1-30(2)37(35,36)32-13-12-18(15-32)22-28-24(31(3)14-16-8-10-17(11-9-16)21(26)27)33(29-22)23(34)19-6-4-5-7-20(19)25;22-16-4-2-1-3-15(16)20(29)28-21(26-19(27-28)17-11-30-10-9-25-17)31-12-13-5-7-14(8-6-13)18(23)24/h2-9,20H,10-17H2,1H3,(H3,30,31);2-3,6-11,20H,4-5,12-17H2,1H3,(H3,29,30);4-11,18H,12-15H2,1-3H3,(H3,26,27);1-8,17,25H,9-12H2,(H3,23,24). The van der Waals surface area contributed by atoms with Crippen molar-refractivity contribution in [3.05, 3.63) is 304 Å². The Balaban J connectivity index is 0.000000150. The number of nitrogen functional groups attached to an aromatic ring is 4. The number of benzene rings is 8. The Morgan fingerprint density at radius 2 is 0.813 bits per heavy atom. The van der Waals surface area contributed by atoms with Gasteiger partial charge in [-0.2, -0.15) is 63.4 Å². The van der Waals surface area contributed by atoms with Gasteiger partial charge in [0, 0.05) is 172 Å². The second-order valence-corrected chi connectivity index (χ2v) is 42.9. The number of nitrogens with two attached hydrogens (primary N) is 4. The maximum atomic E-state index is 13.6. The summed E-state index contributed by atoms with van der Waals surface area (Å²) in [4.78, 5) is 120. The molecule has 12 aromatic rings. The van der Waals surface area contributed by atoms with Gasteiger partial charge in [0.05, 0.1) is 81.4 Å². The Kier molecular flexibility index (Phi) is 36.0. The molecule has 3 amide bonds. The lowest BCUT2D eigenvalue weighted by atomic mass is 9.97. The van der Waals surface area contributed by atoms with Crippen molar-refractivity contribution >= 4 is 161 Å². The first-order valence-corrected chi connectivity index (χ1v) is 53.0. The molecule has 18 rings (SSSR count). The Bertz CT molecular complexity index is 7270. The molecule has 786 valence electrons. The summed E-state index contributed by atoms with van der Waals surface area (Å²) in [7, 11) is 0.907. The number of hydrogen-bond donors (Lipinski definition) is 9. The van der Waals surface area contributed by atoms with E-state index in [1.54, 1.807) is 186 Å². The number of likely N-dealkylation sites (tertiary alicyclic amines) is 1. The summed E-state index contributed by atoms with van der Waals surface area (Å²) in [6.45, 7) is 6.57. The highest BCUT2D eigenvalue weighted by atomic mass is 35.5. The average Bonchev–Trinajstić information content (AvgIpc) is 1.61. The molecular weight excluding hydrogens is 2070 g/mol. The van der Waals surface area contributed by atoms with E-state index in [0.717, 1.165) is 39.4 Å². The van der Waals surface area contributed by atoms with Crippen molar-refractivity contribution in [3.63, 3.8) is 0 Å². The number of morpholine rings is 2. The van der Waals surface area contributed by atoms with Crippen molar-refractivity contribution in [2.75, 3.05) is 142 Å². The van der Waals surface area contributed by atoms with Gasteiger partial charge in [-0.15, -0.1) is 20.4 Å². The molecule has 6 saturated heterocycles. The smallest absolute Gasteiger partial charge is 0.306 e. The minimum atomic E-state index is -3.86. The maximum Gasteiger partial charge on any atom is 0.306 e. The molecule has 4 unspecified atom stereocenters. The molecule has 150 heavy (non-hydrogen) atoms. The number of hydrogen-bond acceptors (Lipinski definition) is 30. The van der Waals surface area contributed by atoms with Gasteiger partial charge in [-0.3, -0.25) is 55.2 Å². The number of halogens is 4. The molecule has 10 heterocycles. The highest BCUT2D eigenvalue weighted by Gasteiger charge is 2.43. The number of piperidine rings is 1. The van der Waals surface area contributed by atoms with Crippen molar-refractivity contribution in [1.82, 2.24) is 91.4 Å². The first-order chi connectivity index (χ1) is 71.8. The molecule has 8 aromatic carbocycles. The first kappa shape index (κ1) is 110. The molecule has 0 saturated carbocycles. The van der Waals surface area contributed by atoms with Crippen LogP contribution in [0.2, 0.25) is 20.1 Å². The van der Waals surface area contributed by atoms with E-state index >= 15 is 0 Å². The van der Waals surface area contributed by atoms with E-state index in [9.17, 15) is 50.4 Å². The first-order valence-electron chi connectivity index (χ1n) is 47.8. The van der Waals surface area contributed by atoms with Crippen molar-refractivity contribution in [1.29, 1.82) is 21.6 Å². The van der Waals surface area contributed by atoms with Crippen molar-refractivity contribution < 1.29 is 59.9 Å². The van der Waals surface area contributed by atoms with Gasteiger partial charge in [0.15, 0.2) is 28.5 Å². The fourth-order valence-corrected chi connectivity index (χ4v) is 21.9. The number of thioether (sulfide) groups is 1. The van der Waals surface area contributed by atoms with E-state index in [2.05, 4.69) is 35.7 Å². The van der Waals surface area contributed by atoms with E-state index < -0.39 is 50.0 Å². The van der Waals surface area contributed by atoms with Gasteiger partial charge < -0.3 is 62.2 Å². The second kappa shape index (κ2) is 49.1. The van der Waals surface area contributed by atoms with Crippen molar-refractivity contribution in [2.45, 2.75) is 92.9 Å². The summed E-state index contributed by atoms with van der Waals surface area (Å²) in [5, 5.41) is 53.4. The number of amides is 3. The number of carbonyl (C=O) groups is 7. The summed E-state index contributed by atoms with van der Waals surface area (Å²) < 4.78 is 71.9. The van der Waals surface area contributed by atoms with Crippen LogP contribution in [-0.4, -0.2) is 295 Å². The van der Waals surface area contributed by atoms with E-state index in [1.165, 1.54) is 62.4 Å². The van der Waals surface area contributed by atoms with E-state index in [0.29, 0.717) is 170 Å². The van der Waals surface area contributed by atoms with Crippen LogP contribution >= 0.6 is 58.2 Å². The van der Waals surface area contributed by atoms with Crippen LogP contribution in [0.25, 0.3) is 0 Å². The molecule has 50 heteroatoms. The molecular formula is C100H112Cl4N30O13S3. The molecule has 0 spiro atoms. The SMILES string of the molecule is CN(Cc1ccc(C(=N)N)cc1)c1nc(C2CC(=O)N(CC(=O)N3CCOCC3)C2)nn1C(=O)c1ccccc1Cl.CN(Cc1ccc(C(=N)N)cc1)c1nc(C2CCN(S(=O)(=O)N(C)C)C2)nn1C(=O)c1ccccc1Cl.CN(Cc1ccc(C(=N)N)cc1)c1nc(C2CCN(S(=O)(=O)N3CCCC3)C(=O)C2)nn1C(=O)c1ccccc1Cl.N=C(N)c1ccc(CSc2nc(C3COCCN3)nn2C(=O)c2ccccc2Cl)cc1. The molecule has 43 nitrogen and oxygen atoms in total. The van der Waals surface area contributed by atoms with E-state index in [-0.39, 0.29) is 142 Å². The van der Waals surface area contributed by atoms with Crippen LogP contribution in [0.15, 0.2) is 199 Å². The Labute approximate surface area is 889 Å². The molecule has 0 aliphatic carbocycles. The third-order valence-electron chi connectivity index (χ3n) is 25.5. The summed E-state index contributed by atoms with van der Waals surface area (Å²) in [5.74, 6) is -0.721. The minimum absolute atomic E-state index is 0.0163. The van der Waals surface area contributed by atoms with Gasteiger partial charge in [-0.05, 0) is 96.5 Å². The molecule has 4 aromatic heterocycles. The van der Waals surface area contributed by atoms with Crippen LogP contribution in [-0.2, 0) is 69.7 Å². The van der Waals surface area contributed by atoms with Gasteiger partial charge in [-0.1, -0.05) is 204 Å². The molecule has 6 fully saturated rings. The molecule has 0 radical (unpaired) electrons. The van der Waals surface area contributed by atoms with Crippen LogP contribution in [0.5, 0.6) is 0 Å². The van der Waals surface area contributed by atoms with Crippen LogP contribution < -0.4 is 43.0 Å². The fourth-order valence-electron chi connectivity index (χ4n) is 17.3. The Morgan fingerprint density at radius 1 is 0.433 bits per heavy atom. The van der Waals surface area contributed by atoms with Gasteiger partial charge in [0.1, 0.15) is 23.3 Å². The van der Waals surface area contributed by atoms with Crippen LogP contribution in [0, 0.1) is 21.6 Å². The lowest BCUT2D eigenvalue weighted by molar-refractivity contribution is -0.141. The number of nitrogens with zero attached hydrogens (tertiary/aromatic N) is 21. The highest BCUT2D eigenvalue weighted by Crippen LogP contribution is 2.37. The third-order valence-corrected chi connectivity index (χ3v) is 31.7. The number of nitrogens with one attached hydrogen (secondary N) is 5. The third kappa shape index (κ3) is 26.3. The summed E-state index contributed by atoms with van der Waals surface area (Å²) in [6.07, 6.45) is 2.47. The van der Waals surface area contributed by atoms with Gasteiger partial charge >= 0.3 is 10.2 Å². The fraction of sp³-hybridized carbons (Fsp3) is 0.330. The lowest BCUT2D eigenvalue weighted by Crippen LogP contribution is -2.48. The van der Waals surface area contributed by atoms with E-state index in [1.807, 2.05) is 48.5 Å². The molecule has 0 bridgehead atoms. The zero-order valence-electron chi connectivity index (χ0n) is 82.5. The summed E-state index contributed by atoms with van der Waals surface area (Å²) in [6, 6.07) is 55.7. The Morgan fingerprint density at radius 3 is 1.21 bits per heavy atom. The van der Waals surface area contributed by atoms with Gasteiger partial charge in [0.25, 0.3) is 33.8 Å². The molecule has 6 aliphatic heterocycles. The lowest BCUT2D eigenvalue weighted by Gasteiger charge is -2.32. The average molecular weight is 2180 g/mol. The predicted molar refractivity (Wildman–Crippen MR) is 568 cm³/mol. The number of ether oxygens (including phenoxy) is 2. The normalized spacial score (nSPS) is 17.0. The predicted octanol–water partition coefficient (Wildman–Crippen LogP) is 9.30. The number of rotatable bonds is 30. The van der Waals surface area contributed by atoms with Crippen LogP contribution in [0.4, 0.5) is 17.8 Å². The van der Waals surface area contributed by atoms with Gasteiger partial charge in [0.2, 0.25) is 35.6 Å². The summed E-state index contributed by atoms with van der Waals surface area (Å²) in [5.41, 5.74) is 29.6. The zero-order chi connectivity index (χ0) is 107. The largest absolute Gasteiger partial charge is 0.384 e. The molecule has 13 N–H and O–H groups in total. The number of anilines is 3. The van der Waals surface area contributed by atoms with Crippen molar-refractivity contribution in [3.8, 4) is 0 Å². The number of aromatic nitrogens is 12. The minimum Gasteiger partial charge on any atom is -0.384 e. The molecule has 6 aliphatic rings. The summed E-state index contributed by atoms with van der Waals surface area (Å²) >= 11 is 26.6.